The number of hydrogen-bond acceptors (Lipinski definition) is 1. The van der Waals surface area contributed by atoms with E-state index in [0.717, 1.165) is 24.9 Å². The van der Waals surface area contributed by atoms with Crippen LogP contribution in [-0.2, 0) is 12.8 Å². The third kappa shape index (κ3) is 2.62. The number of hydrogen-bond donors (Lipinski definition) is 1. The van der Waals surface area contributed by atoms with Gasteiger partial charge in [-0.1, -0.05) is 24.3 Å². The van der Waals surface area contributed by atoms with Gasteiger partial charge in [0.05, 0.1) is 0 Å². The molecule has 0 radical (unpaired) electrons. The smallest absolute Gasteiger partial charge is 0.123 e. The second kappa shape index (κ2) is 5.04. The van der Waals surface area contributed by atoms with Crippen LogP contribution in [0.2, 0.25) is 0 Å². The van der Waals surface area contributed by atoms with E-state index < -0.39 is 0 Å². The third-order valence-corrected chi connectivity index (χ3v) is 3.92. The molecule has 2 aromatic rings. The highest BCUT2D eigenvalue weighted by atomic mass is 19.1. The molecular weight excluding hydrogens is 237 g/mol. The van der Waals surface area contributed by atoms with Crippen LogP contribution in [0.15, 0.2) is 42.5 Å². The van der Waals surface area contributed by atoms with Gasteiger partial charge < -0.3 is 5.32 Å². The van der Waals surface area contributed by atoms with Crippen LogP contribution in [-0.4, -0.2) is 6.54 Å². The fraction of sp³-hybridized carbons (Fsp3) is 0.294. The molecule has 0 aliphatic carbocycles. The Morgan fingerprint density at radius 3 is 2.89 bits per heavy atom. The van der Waals surface area contributed by atoms with E-state index in [4.69, 9.17) is 0 Å². The number of para-hydroxylation sites is 1. The highest BCUT2D eigenvalue weighted by Gasteiger charge is 2.18. The molecule has 0 bridgehead atoms. The summed E-state index contributed by atoms with van der Waals surface area (Å²) in [4.78, 5) is 0. The monoisotopic (exact) mass is 255 g/mol. The quantitative estimate of drug-likeness (QED) is 0.856. The summed E-state index contributed by atoms with van der Waals surface area (Å²) in [6.07, 6.45) is 2.10. The fourth-order valence-corrected chi connectivity index (χ4v) is 2.85. The average molecular weight is 255 g/mol. The number of benzene rings is 2. The molecule has 2 aromatic carbocycles. The molecule has 1 N–H and O–H groups in total. The molecule has 19 heavy (non-hydrogen) atoms. The van der Waals surface area contributed by atoms with Gasteiger partial charge in [0.25, 0.3) is 0 Å². The first-order chi connectivity index (χ1) is 9.22. The summed E-state index contributed by atoms with van der Waals surface area (Å²) in [7, 11) is 0. The maximum absolute atomic E-state index is 13.1. The number of halogens is 1. The van der Waals surface area contributed by atoms with Gasteiger partial charge in [-0.2, -0.15) is 0 Å². The number of aryl methyl sites for hydroxylation is 1. The second-order valence-corrected chi connectivity index (χ2v) is 5.38. The fourth-order valence-electron chi connectivity index (χ4n) is 2.85. The Kier molecular flexibility index (Phi) is 3.24. The zero-order chi connectivity index (χ0) is 13.2. The van der Waals surface area contributed by atoms with E-state index in [0.29, 0.717) is 5.92 Å². The van der Waals surface area contributed by atoms with Crippen molar-refractivity contribution < 1.29 is 4.39 Å². The van der Waals surface area contributed by atoms with Crippen molar-refractivity contribution in [1.29, 1.82) is 0 Å². The lowest BCUT2D eigenvalue weighted by atomic mass is 9.88. The zero-order valence-corrected chi connectivity index (χ0v) is 11.1. The molecule has 1 aliphatic heterocycles. The van der Waals surface area contributed by atoms with Crippen molar-refractivity contribution >= 4 is 5.69 Å². The van der Waals surface area contributed by atoms with Gasteiger partial charge in [-0.3, -0.25) is 0 Å². The molecule has 0 saturated heterocycles. The van der Waals surface area contributed by atoms with Crippen molar-refractivity contribution in [3.8, 4) is 0 Å². The molecule has 0 saturated carbocycles. The normalized spacial score (nSPS) is 17.7. The Labute approximate surface area is 113 Å². The average Bonchev–Trinajstić information content (AvgIpc) is 2.42. The first-order valence-corrected chi connectivity index (χ1v) is 6.79. The van der Waals surface area contributed by atoms with Gasteiger partial charge in [-0.25, -0.2) is 4.39 Å². The number of nitrogens with one attached hydrogen (secondary N) is 1. The van der Waals surface area contributed by atoms with E-state index in [1.807, 2.05) is 13.0 Å². The minimum absolute atomic E-state index is 0.145. The summed E-state index contributed by atoms with van der Waals surface area (Å²) in [6, 6.07) is 13.6. The Morgan fingerprint density at radius 2 is 2.05 bits per heavy atom. The summed E-state index contributed by atoms with van der Waals surface area (Å²) < 4.78 is 13.1. The van der Waals surface area contributed by atoms with E-state index in [1.54, 1.807) is 12.1 Å². The zero-order valence-electron chi connectivity index (χ0n) is 11.1. The third-order valence-electron chi connectivity index (χ3n) is 3.92. The lowest BCUT2D eigenvalue weighted by molar-refractivity contribution is 0.533. The summed E-state index contributed by atoms with van der Waals surface area (Å²) in [5, 5.41) is 3.49. The summed E-state index contributed by atoms with van der Waals surface area (Å²) >= 11 is 0. The molecular formula is C17H18FN. The Balaban J connectivity index is 1.75. The molecule has 98 valence electrons. The highest BCUT2D eigenvalue weighted by molar-refractivity contribution is 5.53. The minimum Gasteiger partial charge on any atom is -0.385 e. The number of rotatable bonds is 2. The van der Waals surface area contributed by atoms with E-state index in [9.17, 15) is 4.39 Å². The molecule has 0 fully saturated rings. The van der Waals surface area contributed by atoms with Crippen molar-refractivity contribution in [2.75, 3.05) is 11.9 Å². The van der Waals surface area contributed by atoms with E-state index in [1.165, 1.54) is 16.8 Å². The van der Waals surface area contributed by atoms with E-state index in [-0.39, 0.29) is 5.82 Å². The first-order valence-electron chi connectivity index (χ1n) is 6.79. The Bertz CT molecular complexity index is 592. The van der Waals surface area contributed by atoms with Crippen LogP contribution in [0.5, 0.6) is 0 Å². The Hall–Kier alpha value is -1.83. The molecule has 0 aromatic heterocycles. The van der Waals surface area contributed by atoms with E-state index >= 15 is 0 Å². The SMILES string of the molecule is Cc1cc(F)ccc1CC1CNc2ccccc2C1. The lowest BCUT2D eigenvalue weighted by Crippen LogP contribution is -2.25. The van der Waals surface area contributed by atoms with Crippen LogP contribution in [0, 0.1) is 18.7 Å². The van der Waals surface area contributed by atoms with Crippen LogP contribution in [0.4, 0.5) is 10.1 Å². The predicted molar refractivity (Wildman–Crippen MR) is 77.0 cm³/mol. The maximum Gasteiger partial charge on any atom is 0.123 e. The lowest BCUT2D eigenvalue weighted by Gasteiger charge is -2.26. The highest BCUT2D eigenvalue weighted by Crippen LogP contribution is 2.27. The molecule has 1 nitrogen and oxygen atoms in total. The van der Waals surface area contributed by atoms with Gasteiger partial charge in [0.15, 0.2) is 0 Å². The van der Waals surface area contributed by atoms with Crippen LogP contribution in [0.1, 0.15) is 16.7 Å². The molecule has 1 atom stereocenters. The predicted octanol–water partition coefficient (Wildman–Crippen LogP) is 3.96. The maximum atomic E-state index is 13.1. The van der Waals surface area contributed by atoms with Gasteiger partial charge in [0.2, 0.25) is 0 Å². The topological polar surface area (TPSA) is 12.0 Å². The molecule has 2 heteroatoms. The summed E-state index contributed by atoms with van der Waals surface area (Å²) in [6.45, 7) is 2.98. The van der Waals surface area contributed by atoms with Crippen molar-refractivity contribution in [2.24, 2.45) is 5.92 Å². The Morgan fingerprint density at radius 1 is 1.21 bits per heavy atom. The molecule has 3 rings (SSSR count). The molecule has 1 aliphatic rings. The van der Waals surface area contributed by atoms with Crippen molar-refractivity contribution in [3.05, 3.63) is 65.0 Å². The number of fused-ring (bicyclic) bond motifs is 1. The van der Waals surface area contributed by atoms with E-state index in [2.05, 4.69) is 29.6 Å². The first kappa shape index (κ1) is 12.2. The molecule has 1 heterocycles. The minimum atomic E-state index is -0.145. The summed E-state index contributed by atoms with van der Waals surface area (Å²) in [5.74, 6) is 0.437. The standard InChI is InChI=1S/C17H18FN/c1-12-8-16(18)7-6-14(12)9-13-10-15-4-2-3-5-17(15)19-11-13/h2-8,13,19H,9-11H2,1H3. The van der Waals surface area contributed by atoms with Crippen molar-refractivity contribution in [1.82, 2.24) is 0 Å². The second-order valence-electron chi connectivity index (χ2n) is 5.38. The van der Waals surface area contributed by atoms with Crippen LogP contribution in [0.3, 0.4) is 0 Å². The number of anilines is 1. The van der Waals surface area contributed by atoms with Crippen molar-refractivity contribution in [3.63, 3.8) is 0 Å². The van der Waals surface area contributed by atoms with Gasteiger partial charge in [0, 0.05) is 12.2 Å². The van der Waals surface area contributed by atoms with Gasteiger partial charge >= 0.3 is 0 Å². The van der Waals surface area contributed by atoms with Crippen LogP contribution < -0.4 is 5.32 Å². The van der Waals surface area contributed by atoms with Gasteiger partial charge in [-0.15, -0.1) is 0 Å². The molecule has 1 unspecified atom stereocenters. The van der Waals surface area contributed by atoms with Crippen LogP contribution >= 0.6 is 0 Å². The summed E-state index contributed by atoms with van der Waals surface area (Å²) in [5.41, 5.74) is 4.96. The van der Waals surface area contributed by atoms with Gasteiger partial charge in [-0.05, 0) is 60.6 Å². The molecule has 0 spiro atoms. The largest absolute Gasteiger partial charge is 0.385 e. The van der Waals surface area contributed by atoms with Crippen molar-refractivity contribution in [2.45, 2.75) is 19.8 Å². The van der Waals surface area contributed by atoms with Crippen LogP contribution in [0.25, 0.3) is 0 Å². The molecule has 0 amide bonds. The van der Waals surface area contributed by atoms with Gasteiger partial charge in [0.1, 0.15) is 5.82 Å².